The Kier molecular flexibility index (Phi) is 5.76. The van der Waals surface area contributed by atoms with Gasteiger partial charge in [-0.05, 0) is 37.6 Å². The minimum absolute atomic E-state index is 0.213. The number of nitrogens with two attached hydrogens (primary N) is 1. The molecule has 0 aromatic heterocycles. The van der Waals surface area contributed by atoms with E-state index in [2.05, 4.69) is 67.4 Å². The SMILES string of the molecule is CC(C)c1ccc(C(CC2CN(C)CCN2C)NN)cc1. The zero-order valence-electron chi connectivity index (χ0n) is 13.8. The molecule has 0 spiro atoms. The van der Waals surface area contributed by atoms with Crippen LogP contribution >= 0.6 is 0 Å². The second kappa shape index (κ2) is 7.36. The molecule has 3 N–H and O–H groups in total. The molecule has 0 saturated carbocycles. The standard InChI is InChI=1S/C17H30N4/c1-13(2)14-5-7-15(8-6-14)17(19-18)11-16-12-20(3)9-10-21(16)4/h5-8,13,16-17,19H,9-12,18H2,1-4H3. The maximum atomic E-state index is 5.82. The summed E-state index contributed by atoms with van der Waals surface area (Å²) in [5.41, 5.74) is 5.66. The van der Waals surface area contributed by atoms with Crippen molar-refractivity contribution in [3.63, 3.8) is 0 Å². The van der Waals surface area contributed by atoms with Crippen molar-refractivity contribution in [3.05, 3.63) is 35.4 Å². The van der Waals surface area contributed by atoms with Crippen molar-refractivity contribution in [3.8, 4) is 0 Å². The third-order valence-corrected chi connectivity index (χ3v) is 4.69. The van der Waals surface area contributed by atoms with Gasteiger partial charge in [0.15, 0.2) is 0 Å². The van der Waals surface area contributed by atoms with Gasteiger partial charge in [0.1, 0.15) is 0 Å². The first-order valence-corrected chi connectivity index (χ1v) is 7.96. The van der Waals surface area contributed by atoms with Crippen LogP contribution in [0, 0.1) is 0 Å². The molecule has 4 nitrogen and oxygen atoms in total. The first-order valence-electron chi connectivity index (χ1n) is 7.96. The highest BCUT2D eigenvalue weighted by Crippen LogP contribution is 2.24. The second-order valence-electron chi connectivity index (χ2n) is 6.67. The molecule has 0 aliphatic carbocycles. The largest absolute Gasteiger partial charge is 0.304 e. The van der Waals surface area contributed by atoms with Crippen LogP contribution in [0.4, 0.5) is 0 Å². The van der Waals surface area contributed by atoms with Gasteiger partial charge in [-0.3, -0.25) is 11.3 Å². The van der Waals surface area contributed by atoms with Crippen LogP contribution in [-0.4, -0.2) is 49.6 Å². The maximum Gasteiger partial charge on any atom is 0.0475 e. The molecular weight excluding hydrogens is 260 g/mol. The number of hydrogen-bond acceptors (Lipinski definition) is 4. The number of likely N-dealkylation sites (N-methyl/N-ethyl adjacent to an activating group) is 2. The lowest BCUT2D eigenvalue weighted by Crippen LogP contribution is -2.51. The predicted octanol–water partition coefficient (Wildman–Crippen LogP) is 1.95. The Labute approximate surface area is 129 Å². The molecule has 2 rings (SSSR count). The molecule has 118 valence electrons. The second-order valence-corrected chi connectivity index (χ2v) is 6.67. The monoisotopic (exact) mass is 290 g/mol. The smallest absolute Gasteiger partial charge is 0.0475 e. The van der Waals surface area contributed by atoms with Crippen LogP contribution in [-0.2, 0) is 0 Å². The summed E-state index contributed by atoms with van der Waals surface area (Å²) >= 11 is 0. The van der Waals surface area contributed by atoms with Crippen LogP contribution in [0.15, 0.2) is 24.3 Å². The molecule has 1 aliphatic heterocycles. The highest BCUT2D eigenvalue weighted by atomic mass is 15.3. The zero-order chi connectivity index (χ0) is 15.4. The van der Waals surface area contributed by atoms with E-state index in [0.717, 1.165) is 26.1 Å². The molecule has 1 aromatic rings. The molecule has 1 saturated heterocycles. The Hall–Kier alpha value is -0.940. The maximum absolute atomic E-state index is 5.82. The van der Waals surface area contributed by atoms with Crippen LogP contribution in [0.3, 0.4) is 0 Å². The van der Waals surface area contributed by atoms with Gasteiger partial charge in [0.25, 0.3) is 0 Å². The Morgan fingerprint density at radius 1 is 1.14 bits per heavy atom. The first kappa shape index (κ1) is 16.4. The van der Waals surface area contributed by atoms with E-state index in [1.807, 2.05) is 0 Å². The van der Waals surface area contributed by atoms with Gasteiger partial charge in [-0.1, -0.05) is 38.1 Å². The summed E-state index contributed by atoms with van der Waals surface area (Å²) in [5.74, 6) is 6.39. The minimum atomic E-state index is 0.213. The topological polar surface area (TPSA) is 44.5 Å². The van der Waals surface area contributed by atoms with Gasteiger partial charge in [0.2, 0.25) is 0 Å². The van der Waals surface area contributed by atoms with E-state index in [-0.39, 0.29) is 6.04 Å². The highest BCUT2D eigenvalue weighted by Gasteiger charge is 2.25. The molecule has 1 fully saturated rings. The van der Waals surface area contributed by atoms with Crippen LogP contribution in [0.5, 0.6) is 0 Å². The summed E-state index contributed by atoms with van der Waals surface area (Å²) in [6, 6.07) is 9.64. The fourth-order valence-electron chi connectivity index (χ4n) is 3.04. The number of hydrogen-bond donors (Lipinski definition) is 2. The Bertz CT molecular complexity index is 429. The third kappa shape index (κ3) is 4.27. The van der Waals surface area contributed by atoms with Crippen LogP contribution in [0.25, 0.3) is 0 Å². The molecule has 4 heteroatoms. The lowest BCUT2D eigenvalue weighted by Gasteiger charge is -2.39. The van der Waals surface area contributed by atoms with Gasteiger partial charge in [-0.15, -0.1) is 0 Å². The summed E-state index contributed by atoms with van der Waals surface area (Å²) in [6.45, 7) is 7.83. The Morgan fingerprint density at radius 2 is 1.76 bits per heavy atom. The van der Waals surface area contributed by atoms with Crippen LogP contribution in [0.1, 0.15) is 43.4 Å². The van der Waals surface area contributed by atoms with E-state index in [1.165, 1.54) is 11.1 Å². The molecule has 21 heavy (non-hydrogen) atoms. The Morgan fingerprint density at radius 3 is 2.33 bits per heavy atom. The predicted molar refractivity (Wildman–Crippen MR) is 89.1 cm³/mol. The lowest BCUT2D eigenvalue weighted by atomic mass is 9.95. The van der Waals surface area contributed by atoms with E-state index in [0.29, 0.717) is 12.0 Å². The summed E-state index contributed by atoms with van der Waals surface area (Å²) in [4.78, 5) is 4.85. The van der Waals surface area contributed by atoms with Crippen molar-refractivity contribution in [1.82, 2.24) is 15.2 Å². The number of nitrogens with zero attached hydrogens (tertiary/aromatic N) is 2. The zero-order valence-corrected chi connectivity index (χ0v) is 13.8. The summed E-state index contributed by atoms with van der Waals surface area (Å²) in [5, 5.41) is 0. The molecule has 0 bridgehead atoms. The summed E-state index contributed by atoms with van der Waals surface area (Å²) < 4.78 is 0. The van der Waals surface area contributed by atoms with Gasteiger partial charge < -0.3 is 9.80 Å². The minimum Gasteiger partial charge on any atom is -0.304 e. The number of piperazine rings is 1. The van der Waals surface area contributed by atoms with Gasteiger partial charge in [-0.25, -0.2) is 0 Å². The lowest BCUT2D eigenvalue weighted by molar-refractivity contribution is 0.101. The molecule has 2 unspecified atom stereocenters. The number of benzene rings is 1. The van der Waals surface area contributed by atoms with E-state index in [4.69, 9.17) is 5.84 Å². The molecule has 1 heterocycles. The third-order valence-electron chi connectivity index (χ3n) is 4.69. The van der Waals surface area contributed by atoms with Crippen molar-refractivity contribution in [2.45, 2.75) is 38.3 Å². The molecule has 2 atom stereocenters. The van der Waals surface area contributed by atoms with Crippen molar-refractivity contribution >= 4 is 0 Å². The average Bonchev–Trinajstić information content (AvgIpc) is 2.48. The normalized spacial score (nSPS) is 22.7. The number of rotatable bonds is 5. The van der Waals surface area contributed by atoms with Crippen molar-refractivity contribution < 1.29 is 0 Å². The summed E-state index contributed by atoms with van der Waals surface area (Å²) in [6.07, 6.45) is 1.04. The molecule has 1 aliphatic rings. The fraction of sp³-hybridized carbons (Fsp3) is 0.647. The first-order chi connectivity index (χ1) is 10.0. The van der Waals surface area contributed by atoms with Gasteiger partial charge >= 0.3 is 0 Å². The molecule has 0 amide bonds. The molecule has 1 aromatic carbocycles. The summed E-state index contributed by atoms with van der Waals surface area (Å²) in [7, 11) is 4.41. The average molecular weight is 290 g/mol. The van der Waals surface area contributed by atoms with E-state index in [1.54, 1.807) is 0 Å². The van der Waals surface area contributed by atoms with Crippen LogP contribution < -0.4 is 11.3 Å². The van der Waals surface area contributed by atoms with Crippen LogP contribution in [0.2, 0.25) is 0 Å². The van der Waals surface area contributed by atoms with Gasteiger partial charge in [0.05, 0.1) is 0 Å². The number of hydrazine groups is 1. The Balaban J connectivity index is 2.05. The van der Waals surface area contributed by atoms with E-state index < -0.39 is 0 Å². The van der Waals surface area contributed by atoms with Crippen molar-refractivity contribution in [2.24, 2.45) is 5.84 Å². The highest BCUT2D eigenvalue weighted by molar-refractivity contribution is 5.27. The molecule has 0 radical (unpaired) electrons. The number of nitrogens with one attached hydrogen (secondary N) is 1. The fourth-order valence-corrected chi connectivity index (χ4v) is 3.04. The van der Waals surface area contributed by atoms with E-state index in [9.17, 15) is 0 Å². The molecular formula is C17H30N4. The van der Waals surface area contributed by atoms with Crippen molar-refractivity contribution in [2.75, 3.05) is 33.7 Å². The van der Waals surface area contributed by atoms with Gasteiger partial charge in [0, 0.05) is 31.7 Å². The van der Waals surface area contributed by atoms with Gasteiger partial charge in [-0.2, -0.15) is 0 Å². The quantitative estimate of drug-likeness (QED) is 0.643. The van der Waals surface area contributed by atoms with Crippen molar-refractivity contribution in [1.29, 1.82) is 0 Å². The van der Waals surface area contributed by atoms with E-state index >= 15 is 0 Å².